The van der Waals surface area contributed by atoms with Crippen LogP contribution in [0.1, 0.15) is 24.1 Å². The van der Waals surface area contributed by atoms with Crippen molar-refractivity contribution in [2.24, 2.45) is 7.05 Å². The van der Waals surface area contributed by atoms with Gasteiger partial charge in [-0.2, -0.15) is 0 Å². The summed E-state index contributed by atoms with van der Waals surface area (Å²) in [6.07, 6.45) is 2.07. The van der Waals surface area contributed by atoms with Crippen LogP contribution >= 0.6 is 0 Å². The molecule has 0 amide bonds. The van der Waals surface area contributed by atoms with E-state index in [2.05, 4.69) is 16.8 Å². The highest BCUT2D eigenvalue weighted by molar-refractivity contribution is 5.44. The minimum atomic E-state index is -0.397. The predicted molar refractivity (Wildman–Crippen MR) is 94.5 cm³/mol. The van der Waals surface area contributed by atoms with Gasteiger partial charge in [-0.3, -0.25) is 14.3 Å². The summed E-state index contributed by atoms with van der Waals surface area (Å²) in [5.74, 6) is 1.56. The lowest BCUT2D eigenvalue weighted by Crippen LogP contribution is -2.35. The molecule has 0 fully saturated rings. The number of nitrogens with zero attached hydrogens (tertiary/aromatic N) is 2. The number of likely N-dealkylation sites (N-methyl/N-ethyl adjacent to an activating group) is 1. The minimum absolute atomic E-state index is 0.155. The van der Waals surface area contributed by atoms with Gasteiger partial charge in [0.2, 0.25) is 0 Å². The molecule has 0 saturated carbocycles. The number of ether oxygens (including phenoxy) is 2. The minimum Gasteiger partial charge on any atom is -0.486 e. The van der Waals surface area contributed by atoms with E-state index in [0.29, 0.717) is 31.7 Å². The Morgan fingerprint density at radius 3 is 2.72 bits per heavy atom. The largest absolute Gasteiger partial charge is 0.486 e. The summed E-state index contributed by atoms with van der Waals surface area (Å²) in [5.41, 5.74) is 1.08. The van der Waals surface area contributed by atoms with Crippen LogP contribution in [0.25, 0.3) is 0 Å². The van der Waals surface area contributed by atoms with Gasteiger partial charge < -0.3 is 14.5 Å². The first-order chi connectivity index (χ1) is 12.0. The van der Waals surface area contributed by atoms with E-state index in [1.165, 1.54) is 13.2 Å². The lowest BCUT2D eigenvalue weighted by molar-refractivity contribution is 0.170. The molecule has 2 heterocycles. The molecular weight excluding hydrogens is 322 g/mol. The van der Waals surface area contributed by atoms with E-state index in [-0.39, 0.29) is 11.6 Å². The van der Waals surface area contributed by atoms with Gasteiger partial charge in [0.1, 0.15) is 13.2 Å². The quantitative estimate of drug-likeness (QED) is 0.878. The van der Waals surface area contributed by atoms with E-state index in [9.17, 15) is 9.59 Å². The van der Waals surface area contributed by atoms with Crippen LogP contribution in [0, 0.1) is 0 Å². The average Bonchev–Trinajstić information content (AvgIpc) is 2.64. The Kier molecular flexibility index (Phi) is 4.94. The van der Waals surface area contributed by atoms with Gasteiger partial charge in [0, 0.05) is 31.4 Å². The zero-order valence-corrected chi connectivity index (χ0v) is 14.7. The molecule has 3 rings (SSSR count). The molecule has 25 heavy (non-hydrogen) atoms. The summed E-state index contributed by atoms with van der Waals surface area (Å²) in [6, 6.07) is 6.14. The summed E-state index contributed by atoms with van der Waals surface area (Å²) in [7, 11) is 3.49. The Morgan fingerprint density at radius 2 is 1.96 bits per heavy atom. The lowest BCUT2D eigenvalue weighted by Gasteiger charge is -2.26. The van der Waals surface area contributed by atoms with Gasteiger partial charge in [-0.05, 0) is 38.1 Å². The Bertz CT molecular complexity index is 871. The van der Waals surface area contributed by atoms with Gasteiger partial charge in [-0.15, -0.1) is 0 Å². The van der Waals surface area contributed by atoms with Crippen LogP contribution in [0.5, 0.6) is 11.5 Å². The monoisotopic (exact) mass is 345 g/mol. The smallest absolute Gasteiger partial charge is 0.328 e. The van der Waals surface area contributed by atoms with E-state index < -0.39 is 5.69 Å². The third kappa shape index (κ3) is 3.61. The topological polar surface area (TPSA) is 76.6 Å². The number of benzene rings is 1. The molecule has 2 aromatic rings. The number of fused-ring (bicyclic) bond motifs is 1. The van der Waals surface area contributed by atoms with Crippen molar-refractivity contribution in [3.05, 3.63) is 56.4 Å². The van der Waals surface area contributed by atoms with Crippen molar-refractivity contribution >= 4 is 0 Å². The summed E-state index contributed by atoms with van der Waals surface area (Å²) >= 11 is 0. The van der Waals surface area contributed by atoms with Crippen LogP contribution in [0.2, 0.25) is 0 Å². The molecule has 1 atom stereocenters. The predicted octanol–water partition coefficient (Wildman–Crippen LogP) is 1.08. The number of hydrogen-bond acceptors (Lipinski definition) is 5. The summed E-state index contributed by atoms with van der Waals surface area (Å²) < 4.78 is 12.3. The number of aromatic nitrogens is 2. The van der Waals surface area contributed by atoms with E-state index in [4.69, 9.17) is 9.47 Å². The molecule has 1 aromatic heterocycles. The zero-order chi connectivity index (χ0) is 18.0. The van der Waals surface area contributed by atoms with Crippen LogP contribution in [-0.4, -0.2) is 41.3 Å². The van der Waals surface area contributed by atoms with Gasteiger partial charge in [0.25, 0.3) is 5.56 Å². The maximum Gasteiger partial charge on any atom is 0.328 e. The molecule has 7 heteroatoms. The van der Waals surface area contributed by atoms with Crippen LogP contribution in [0.4, 0.5) is 0 Å². The summed E-state index contributed by atoms with van der Waals surface area (Å²) in [6.45, 7) is 3.94. The first-order valence-electron chi connectivity index (χ1n) is 8.34. The molecule has 1 aliphatic heterocycles. The second-order valence-electron chi connectivity index (χ2n) is 6.29. The molecular formula is C18H23N3O4. The highest BCUT2D eigenvalue weighted by atomic mass is 16.6. The molecule has 1 unspecified atom stereocenters. The highest BCUT2D eigenvalue weighted by Gasteiger charge is 2.17. The van der Waals surface area contributed by atoms with Crippen molar-refractivity contribution in [3.63, 3.8) is 0 Å². The number of aromatic amines is 1. The zero-order valence-electron chi connectivity index (χ0n) is 14.7. The maximum atomic E-state index is 12.1. The number of nitrogens with one attached hydrogen (secondary N) is 1. The van der Waals surface area contributed by atoms with Crippen molar-refractivity contribution in [2.75, 3.05) is 26.8 Å². The van der Waals surface area contributed by atoms with Crippen molar-refractivity contribution in [1.82, 2.24) is 14.5 Å². The standard InChI is InChI=1S/C18H23N3O4/c1-12(13-4-5-15-16(10-13)25-9-8-24-15)20(2)7-6-14-11-19-18(23)21(3)17(14)22/h4-5,10-12H,6-9H2,1-3H3,(H,19,23). The Labute approximate surface area is 145 Å². The molecule has 0 aliphatic carbocycles. The van der Waals surface area contributed by atoms with Gasteiger partial charge in [-0.25, -0.2) is 4.79 Å². The molecule has 0 bridgehead atoms. The van der Waals surface area contributed by atoms with Crippen LogP contribution in [-0.2, 0) is 13.5 Å². The molecule has 1 aromatic carbocycles. The Balaban J connectivity index is 1.69. The van der Waals surface area contributed by atoms with Crippen molar-refractivity contribution in [1.29, 1.82) is 0 Å². The number of H-pyrrole nitrogens is 1. The van der Waals surface area contributed by atoms with E-state index >= 15 is 0 Å². The second kappa shape index (κ2) is 7.14. The molecule has 0 saturated heterocycles. The van der Waals surface area contributed by atoms with Crippen molar-refractivity contribution in [2.45, 2.75) is 19.4 Å². The normalized spacial score (nSPS) is 14.6. The third-order valence-electron chi connectivity index (χ3n) is 4.70. The molecule has 134 valence electrons. The van der Waals surface area contributed by atoms with Gasteiger partial charge in [-0.1, -0.05) is 6.07 Å². The molecule has 7 nitrogen and oxygen atoms in total. The van der Waals surface area contributed by atoms with Gasteiger partial charge >= 0.3 is 5.69 Å². The SMILES string of the molecule is CC(c1ccc2c(c1)OCCO2)N(C)CCc1c[nH]c(=O)n(C)c1=O. The highest BCUT2D eigenvalue weighted by Crippen LogP contribution is 2.33. The fourth-order valence-electron chi connectivity index (χ4n) is 2.86. The first kappa shape index (κ1) is 17.3. The van der Waals surface area contributed by atoms with Crippen LogP contribution in [0.15, 0.2) is 34.0 Å². The van der Waals surface area contributed by atoms with E-state index in [1.54, 1.807) is 0 Å². The lowest BCUT2D eigenvalue weighted by atomic mass is 10.1. The first-order valence-corrected chi connectivity index (χ1v) is 8.34. The molecule has 0 spiro atoms. The Hall–Kier alpha value is -2.54. The third-order valence-corrected chi connectivity index (χ3v) is 4.70. The fourth-order valence-corrected chi connectivity index (χ4v) is 2.86. The van der Waals surface area contributed by atoms with E-state index in [0.717, 1.165) is 21.6 Å². The average molecular weight is 345 g/mol. The second-order valence-corrected chi connectivity index (χ2v) is 6.29. The summed E-state index contributed by atoms with van der Waals surface area (Å²) in [4.78, 5) is 28.3. The summed E-state index contributed by atoms with van der Waals surface area (Å²) in [5, 5.41) is 0. The van der Waals surface area contributed by atoms with E-state index in [1.807, 2.05) is 25.2 Å². The molecule has 1 aliphatic rings. The number of rotatable bonds is 5. The Morgan fingerprint density at radius 1 is 1.24 bits per heavy atom. The fraction of sp³-hybridized carbons (Fsp3) is 0.444. The van der Waals surface area contributed by atoms with Crippen molar-refractivity contribution in [3.8, 4) is 11.5 Å². The maximum absolute atomic E-state index is 12.1. The van der Waals surface area contributed by atoms with Crippen LogP contribution < -0.4 is 20.7 Å². The van der Waals surface area contributed by atoms with Crippen molar-refractivity contribution < 1.29 is 9.47 Å². The van der Waals surface area contributed by atoms with Gasteiger partial charge in [0.15, 0.2) is 11.5 Å². The molecule has 0 radical (unpaired) electrons. The molecule has 1 N–H and O–H groups in total. The van der Waals surface area contributed by atoms with Crippen LogP contribution in [0.3, 0.4) is 0 Å². The van der Waals surface area contributed by atoms with Gasteiger partial charge in [0.05, 0.1) is 0 Å². The number of hydrogen-bond donors (Lipinski definition) is 1.